The molecule has 1 atom stereocenters. The van der Waals surface area contributed by atoms with E-state index in [0.29, 0.717) is 12.4 Å². The number of rotatable bonds is 4. The zero-order chi connectivity index (χ0) is 7.98. The lowest BCUT2D eigenvalue weighted by Gasteiger charge is -2.09. The lowest BCUT2D eigenvalue weighted by molar-refractivity contribution is 0.114. The molecule has 1 unspecified atom stereocenters. The molecule has 2 nitrogen and oxygen atoms in total. The number of ether oxygens (including phenoxy) is 2. The van der Waals surface area contributed by atoms with Gasteiger partial charge >= 0.3 is 0 Å². The molecule has 0 aromatic carbocycles. The van der Waals surface area contributed by atoms with Gasteiger partial charge in [-0.1, -0.05) is 12.5 Å². The smallest absolute Gasteiger partial charge is 0.155 e. The van der Waals surface area contributed by atoms with Gasteiger partial charge in [-0.2, -0.15) is 0 Å². The molecule has 10 heavy (non-hydrogen) atoms. The Morgan fingerprint density at radius 1 is 1.80 bits per heavy atom. The van der Waals surface area contributed by atoms with Gasteiger partial charge in [-0.25, -0.2) is 0 Å². The molecule has 0 fully saturated rings. The third kappa shape index (κ3) is 3.99. The topological polar surface area (TPSA) is 18.5 Å². The third-order valence-electron chi connectivity index (χ3n) is 0.883. The predicted octanol–water partition coefficient (Wildman–Crippen LogP) is 1.18. The monoisotopic (exact) mass is 140 g/mol. The fraction of sp³-hybridized carbons (Fsp3) is 0.500. The van der Waals surface area contributed by atoms with E-state index >= 15 is 0 Å². The lowest BCUT2D eigenvalue weighted by atomic mass is 10.4. The molecule has 0 aromatic rings. The van der Waals surface area contributed by atoms with Gasteiger partial charge in [0.05, 0.1) is 0 Å². The molecule has 0 heterocycles. The summed E-state index contributed by atoms with van der Waals surface area (Å²) in [6.07, 6.45) is 4.84. The minimum atomic E-state index is -0.220. The van der Waals surface area contributed by atoms with Crippen LogP contribution in [0.15, 0.2) is 12.3 Å². The van der Waals surface area contributed by atoms with Gasteiger partial charge in [0.25, 0.3) is 0 Å². The van der Waals surface area contributed by atoms with Gasteiger partial charge in [0, 0.05) is 7.11 Å². The average molecular weight is 140 g/mol. The minimum absolute atomic E-state index is 0.220. The Labute approximate surface area is 61.8 Å². The van der Waals surface area contributed by atoms with Crippen LogP contribution in [-0.2, 0) is 9.47 Å². The van der Waals surface area contributed by atoms with E-state index in [0.717, 1.165) is 0 Å². The molecule has 0 rings (SSSR count). The van der Waals surface area contributed by atoms with E-state index in [1.165, 1.54) is 0 Å². The summed E-state index contributed by atoms with van der Waals surface area (Å²) >= 11 is 0. The molecule has 0 aromatic heterocycles. The fourth-order valence-corrected chi connectivity index (χ4v) is 0.479. The molecule has 0 N–H and O–H groups in total. The van der Waals surface area contributed by atoms with Gasteiger partial charge in [-0.05, 0) is 6.92 Å². The Hall–Kier alpha value is -0.940. The van der Waals surface area contributed by atoms with Gasteiger partial charge in [-0.15, -0.1) is 6.42 Å². The minimum Gasteiger partial charge on any atom is -0.481 e. The maximum absolute atomic E-state index is 5.08. The Balaban J connectivity index is 3.49. The summed E-state index contributed by atoms with van der Waals surface area (Å²) in [5.41, 5.74) is 0. The zero-order valence-electron chi connectivity index (χ0n) is 6.39. The molecular weight excluding hydrogens is 128 g/mol. The first-order valence-electron chi connectivity index (χ1n) is 3.00. The molecule has 2 heteroatoms. The van der Waals surface area contributed by atoms with Crippen molar-refractivity contribution in [2.45, 2.75) is 13.0 Å². The molecule has 56 valence electrons. The van der Waals surface area contributed by atoms with Crippen LogP contribution in [0.25, 0.3) is 0 Å². The highest BCUT2D eigenvalue weighted by Gasteiger charge is 1.98. The molecule has 0 radical (unpaired) electrons. The average Bonchev–Trinajstić information content (AvgIpc) is 1.88. The summed E-state index contributed by atoms with van der Waals surface area (Å²) in [6.45, 7) is 5.76. The predicted molar refractivity (Wildman–Crippen MR) is 40.4 cm³/mol. The number of hydrogen-bond acceptors (Lipinski definition) is 2. The molecule has 0 saturated heterocycles. The molecule has 0 spiro atoms. The Kier molecular flexibility index (Phi) is 4.43. The Morgan fingerprint density at radius 2 is 2.40 bits per heavy atom. The molecular formula is C8H12O2. The van der Waals surface area contributed by atoms with Crippen LogP contribution in [0.1, 0.15) is 6.92 Å². The summed E-state index contributed by atoms with van der Waals surface area (Å²) < 4.78 is 9.84. The highest BCUT2D eigenvalue weighted by atomic mass is 16.5. The third-order valence-corrected chi connectivity index (χ3v) is 0.883. The molecule has 0 aliphatic heterocycles. The normalized spacial score (nSPS) is 11.7. The summed E-state index contributed by atoms with van der Waals surface area (Å²) in [6, 6.07) is 0. The fourth-order valence-electron chi connectivity index (χ4n) is 0.479. The number of terminal acetylenes is 1. The van der Waals surface area contributed by atoms with Crippen molar-refractivity contribution in [3.63, 3.8) is 0 Å². The number of methoxy groups -OCH3 is 1. The van der Waals surface area contributed by atoms with Gasteiger partial charge in [0.1, 0.15) is 12.4 Å². The van der Waals surface area contributed by atoms with Crippen LogP contribution in [0.2, 0.25) is 0 Å². The summed E-state index contributed by atoms with van der Waals surface area (Å²) in [5, 5.41) is 0. The van der Waals surface area contributed by atoms with Crippen LogP contribution in [-0.4, -0.2) is 19.8 Å². The summed E-state index contributed by atoms with van der Waals surface area (Å²) in [4.78, 5) is 0. The van der Waals surface area contributed by atoms with Crippen molar-refractivity contribution in [2.75, 3.05) is 13.7 Å². The van der Waals surface area contributed by atoms with Crippen LogP contribution >= 0.6 is 0 Å². The van der Waals surface area contributed by atoms with Gasteiger partial charge < -0.3 is 9.47 Å². The first kappa shape index (κ1) is 9.06. The van der Waals surface area contributed by atoms with Crippen molar-refractivity contribution in [1.82, 2.24) is 0 Å². The second-order valence-electron chi connectivity index (χ2n) is 1.90. The van der Waals surface area contributed by atoms with E-state index in [-0.39, 0.29) is 6.10 Å². The van der Waals surface area contributed by atoms with Crippen LogP contribution < -0.4 is 0 Å². The van der Waals surface area contributed by atoms with E-state index in [1.54, 1.807) is 14.0 Å². The lowest BCUT2D eigenvalue weighted by Crippen LogP contribution is -2.07. The SMILES string of the molecule is C#CC(C)OC(=C)COC. The summed E-state index contributed by atoms with van der Waals surface area (Å²) in [5.74, 6) is 2.98. The van der Waals surface area contributed by atoms with Crippen molar-refractivity contribution in [1.29, 1.82) is 0 Å². The maximum Gasteiger partial charge on any atom is 0.155 e. The van der Waals surface area contributed by atoms with Gasteiger partial charge in [-0.3, -0.25) is 0 Å². The second kappa shape index (κ2) is 4.89. The Morgan fingerprint density at radius 3 is 2.80 bits per heavy atom. The standard InChI is InChI=1S/C8H12O2/c1-5-7(2)10-8(3)6-9-4/h1,7H,3,6H2,2,4H3. The quantitative estimate of drug-likeness (QED) is 0.431. The van der Waals surface area contributed by atoms with E-state index < -0.39 is 0 Å². The molecule has 0 aliphatic carbocycles. The van der Waals surface area contributed by atoms with Gasteiger partial charge in [0.15, 0.2) is 6.10 Å². The zero-order valence-corrected chi connectivity index (χ0v) is 6.39. The van der Waals surface area contributed by atoms with Crippen molar-refractivity contribution in [2.24, 2.45) is 0 Å². The van der Waals surface area contributed by atoms with Crippen LogP contribution in [0, 0.1) is 12.3 Å². The summed E-state index contributed by atoms with van der Waals surface area (Å²) in [7, 11) is 1.58. The van der Waals surface area contributed by atoms with Crippen LogP contribution in [0.4, 0.5) is 0 Å². The Bertz CT molecular complexity index is 144. The van der Waals surface area contributed by atoms with Gasteiger partial charge in [0.2, 0.25) is 0 Å². The van der Waals surface area contributed by atoms with E-state index in [9.17, 15) is 0 Å². The van der Waals surface area contributed by atoms with Crippen LogP contribution in [0.3, 0.4) is 0 Å². The highest BCUT2D eigenvalue weighted by molar-refractivity contribution is 4.96. The molecule has 0 amide bonds. The highest BCUT2D eigenvalue weighted by Crippen LogP contribution is 1.98. The van der Waals surface area contributed by atoms with Crippen molar-refractivity contribution < 1.29 is 9.47 Å². The molecule has 0 aliphatic rings. The van der Waals surface area contributed by atoms with E-state index in [2.05, 4.69) is 12.5 Å². The van der Waals surface area contributed by atoms with E-state index in [1.807, 2.05) is 0 Å². The number of hydrogen-bond donors (Lipinski definition) is 0. The first-order chi connectivity index (χ1) is 4.70. The van der Waals surface area contributed by atoms with Crippen LogP contribution in [0.5, 0.6) is 0 Å². The molecule has 0 bridgehead atoms. The molecule has 0 saturated carbocycles. The van der Waals surface area contributed by atoms with Crippen molar-refractivity contribution in [3.8, 4) is 12.3 Å². The maximum atomic E-state index is 5.08. The van der Waals surface area contributed by atoms with E-state index in [4.69, 9.17) is 15.9 Å². The van der Waals surface area contributed by atoms with Crippen molar-refractivity contribution >= 4 is 0 Å². The first-order valence-corrected chi connectivity index (χ1v) is 3.00. The van der Waals surface area contributed by atoms with Crippen molar-refractivity contribution in [3.05, 3.63) is 12.3 Å². The second-order valence-corrected chi connectivity index (χ2v) is 1.90. The largest absolute Gasteiger partial charge is 0.481 e.